The van der Waals surface area contributed by atoms with Gasteiger partial charge in [0.25, 0.3) is 0 Å². The van der Waals surface area contributed by atoms with E-state index < -0.39 is 0 Å². The maximum Gasteiger partial charge on any atom is 0.231 e. The van der Waals surface area contributed by atoms with Crippen molar-refractivity contribution in [1.82, 2.24) is 4.90 Å². The Bertz CT molecular complexity index is 896. The second-order valence-electron chi connectivity index (χ2n) is 6.57. The van der Waals surface area contributed by atoms with Crippen molar-refractivity contribution in [3.05, 3.63) is 89.6 Å². The number of benzene rings is 2. The number of amides is 1. The predicted molar refractivity (Wildman–Crippen MR) is 104 cm³/mol. The highest BCUT2D eigenvalue weighted by molar-refractivity contribution is 5.75. The average Bonchev–Trinajstić information content (AvgIpc) is 3.18. The van der Waals surface area contributed by atoms with Crippen LogP contribution in [0.4, 0.5) is 4.39 Å². The van der Waals surface area contributed by atoms with Crippen LogP contribution >= 0.6 is 0 Å². The van der Waals surface area contributed by atoms with Crippen LogP contribution in [0.1, 0.15) is 16.9 Å². The van der Waals surface area contributed by atoms with Gasteiger partial charge in [0.2, 0.25) is 5.91 Å². The van der Waals surface area contributed by atoms with E-state index >= 15 is 0 Å². The van der Waals surface area contributed by atoms with Gasteiger partial charge in [0.05, 0.1) is 19.4 Å². The molecule has 1 heterocycles. The summed E-state index contributed by atoms with van der Waals surface area (Å²) in [7, 11) is 0. The van der Waals surface area contributed by atoms with Crippen molar-refractivity contribution in [2.75, 3.05) is 13.1 Å². The van der Waals surface area contributed by atoms with Crippen LogP contribution in [0.5, 0.6) is 5.75 Å². The molecule has 0 bridgehead atoms. The lowest BCUT2D eigenvalue weighted by atomic mass is 10.1. The summed E-state index contributed by atoms with van der Waals surface area (Å²) in [6.45, 7) is 1.63. The van der Waals surface area contributed by atoms with Crippen LogP contribution in [-0.2, 0) is 24.4 Å². The zero-order valence-electron chi connectivity index (χ0n) is 15.5. The highest BCUT2D eigenvalue weighted by atomic mass is 19.1. The Morgan fingerprint density at radius 2 is 1.89 bits per heavy atom. The van der Waals surface area contributed by atoms with Crippen molar-refractivity contribution < 1.29 is 18.3 Å². The van der Waals surface area contributed by atoms with Gasteiger partial charge < -0.3 is 14.9 Å². The monoisotopic (exact) mass is 382 g/mol. The van der Waals surface area contributed by atoms with E-state index in [1.165, 1.54) is 12.1 Å². The topological polar surface area (TPSA) is 68.7 Å². The van der Waals surface area contributed by atoms with Crippen LogP contribution in [0.2, 0.25) is 0 Å². The van der Waals surface area contributed by atoms with Crippen molar-refractivity contribution >= 4 is 5.91 Å². The molecule has 0 saturated heterocycles. The third-order valence-electron chi connectivity index (χ3n) is 4.25. The second-order valence-corrected chi connectivity index (χ2v) is 6.57. The molecule has 6 heteroatoms. The van der Waals surface area contributed by atoms with Crippen molar-refractivity contribution in [3.63, 3.8) is 0 Å². The summed E-state index contributed by atoms with van der Waals surface area (Å²) in [6, 6.07) is 17.8. The maximum absolute atomic E-state index is 13.3. The zero-order chi connectivity index (χ0) is 19.8. The summed E-state index contributed by atoms with van der Waals surface area (Å²) in [5.41, 5.74) is 7.21. The molecule has 2 aromatic carbocycles. The lowest BCUT2D eigenvalue weighted by molar-refractivity contribution is -0.119. The molecule has 0 radical (unpaired) electrons. The Labute approximate surface area is 163 Å². The molecule has 1 aromatic heterocycles. The van der Waals surface area contributed by atoms with Gasteiger partial charge in [-0.25, -0.2) is 4.39 Å². The maximum atomic E-state index is 13.3. The molecule has 3 aromatic rings. The standard InChI is InChI=1S/C22H23FN2O3/c23-19-6-1-5-18(12-19)16-28-20-7-2-4-17(13-20)9-10-25(15-22(24)26)14-21-8-3-11-27-21/h1-8,11-13H,9-10,14-16H2,(H2,24,26). The Balaban J connectivity index is 1.57. The van der Waals surface area contributed by atoms with Crippen LogP contribution in [0.15, 0.2) is 71.3 Å². The summed E-state index contributed by atoms with van der Waals surface area (Å²) in [5, 5.41) is 0. The van der Waals surface area contributed by atoms with E-state index in [1.54, 1.807) is 12.3 Å². The van der Waals surface area contributed by atoms with Crippen LogP contribution in [0.3, 0.4) is 0 Å². The van der Waals surface area contributed by atoms with Gasteiger partial charge >= 0.3 is 0 Å². The molecule has 0 aliphatic carbocycles. The fraction of sp³-hybridized carbons (Fsp3) is 0.227. The van der Waals surface area contributed by atoms with Gasteiger partial charge in [0, 0.05) is 6.54 Å². The van der Waals surface area contributed by atoms with E-state index in [9.17, 15) is 9.18 Å². The molecular formula is C22H23FN2O3. The quantitative estimate of drug-likeness (QED) is 0.582. The van der Waals surface area contributed by atoms with Gasteiger partial charge in [-0.15, -0.1) is 0 Å². The minimum absolute atomic E-state index is 0.163. The number of rotatable bonds is 10. The van der Waals surface area contributed by atoms with Gasteiger partial charge in [-0.3, -0.25) is 9.69 Å². The smallest absolute Gasteiger partial charge is 0.231 e. The van der Waals surface area contributed by atoms with Gasteiger partial charge in [0.1, 0.15) is 23.9 Å². The Morgan fingerprint density at radius 1 is 1.07 bits per heavy atom. The molecule has 28 heavy (non-hydrogen) atoms. The minimum Gasteiger partial charge on any atom is -0.489 e. The van der Waals surface area contributed by atoms with Gasteiger partial charge in [-0.2, -0.15) is 0 Å². The van der Waals surface area contributed by atoms with Crippen molar-refractivity contribution in [2.45, 2.75) is 19.6 Å². The number of carbonyl (C=O) groups is 1. The molecule has 0 atom stereocenters. The van der Waals surface area contributed by atoms with Gasteiger partial charge in [0.15, 0.2) is 0 Å². The number of furan rings is 1. The minimum atomic E-state index is -0.376. The summed E-state index contributed by atoms with van der Waals surface area (Å²) >= 11 is 0. The molecule has 0 saturated carbocycles. The number of primary amides is 1. The SMILES string of the molecule is NC(=O)CN(CCc1cccc(OCc2cccc(F)c2)c1)Cc1ccco1. The number of halogens is 1. The number of hydrogen-bond acceptors (Lipinski definition) is 4. The van der Waals surface area contributed by atoms with Crippen LogP contribution in [-0.4, -0.2) is 23.9 Å². The molecule has 0 unspecified atom stereocenters. The van der Waals surface area contributed by atoms with Crippen LogP contribution in [0.25, 0.3) is 0 Å². The number of nitrogens with zero attached hydrogens (tertiary/aromatic N) is 1. The largest absolute Gasteiger partial charge is 0.489 e. The Hall–Kier alpha value is -3.12. The molecule has 5 nitrogen and oxygen atoms in total. The van der Waals surface area contributed by atoms with E-state index in [-0.39, 0.29) is 18.3 Å². The van der Waals surface area contributed by atoms with E-state index in [0.717, 1.165) is 23.3 Å². The lowest BCUT2D eigenvalue weighted by Gasteiger charge is -2.19. The summed E-state index contributed by atoms with van der Waals surface area (Å²) in [6.07, 6.45) is 2.34. The number of nitrogens with two attached hydrogens (primary N) is 1. The van der Waals surface area contributed by atoms with Crippen molar-refractivity contribution in [1.29, 1.82) is 0 Å². The van der Waals surface area contributed by atoms with E-state index in [4.69, 9.17) is 14.9 Å². The lowest BCUT2D eigenvalue weighted by Crippen LogP contribution is -2.34. The molecule has 0 spiro atoms. The van der Waals surface area contributed by atoms with E-state index in [0.29, 0.717) is 25.4 Å². The highest BCUT2D eigenvalue weighted by Gasteiger charge is 2.11. The summed E-state index contributed by atoms with van der Waals surface area (Å²) in [5.74, 6) is 0.849. The first-order chi connectivity index (χ1) is 13.6. The first-order valence-corrected chi connectivity index (χ1v) is 9.08. The summed E-state index contributed by atoms with van der Waals surface area (Å²) in [4.78, 5) is 13.3. The van der Waals surface area contributed by atoms with Crippen molar-refractivity contribution in [2.24, 2.45) is 5.73 Å². The van der Waals surface area contributed by atoms with Gasteiger partial charge in [-0.05, 0) is 53.9 Å². The number of ether oxygens (including phenoxy) is 1. The zero-order valence-corrected chi connectivity index (χ0v) is 15.5. The number of carbonyl (C=O) groups excluding carboxylic acids is 1. The predicted octanol–water partition coefficient (Wildman–Crippen LogP) is 3.53. The molecular weight excluding hydrogens is 359 g/mol. The second kappa shape index (κ2) is 9.71. The Kier molecular flexibility index (Phi) is 6.81. The molecule has 0 aliphatic rings. The Morgan fingerprint density at radius 3 is 2.64 bits per heavy atom. The third-order valence-corrected chi connectivity index (χ3v) is 4.25. The normalized spacial score (nSPS) is 10.9. The van der Waals surface area contributed by atoms with Crippen LogP contribution in [0, 0.1) is 5.82 Å². The van der Waals surface area contributed by atoms with E-state index in [2.05, 4.69) is 0 Å². The molecule has 3 rings (SSSR count). The van der Waals surface area contributed by atoms with Crippen LogP contribution < -0.4 is 10.5 Å². The van der Waals surface area contributed by atoms with E-state index in [1.807, 2.05) is 47.4 Å². The molecule has 1 amide bonds. The fourth-order valence-electron chi connectivity index (χ4n) is 2.93. The molecule has 2 N–H and O–H groups in total. The highest BCUT2D eigenvalue weighted by Crippen LogP contribution is 2.17. The number of hydrogen-bond donors (Lipinski definition) is 1. The average molecular weight is 382 g/mol. The van der Waals surface area contributed by atoms with Crippen molar-refractivity contribution in [3.8, 4) is 5.75 Å². The fourth-order valence-corrected chi connectivity index (χ4v) is 2.93. The molecule has 146 valence electrons. The third kappa shape index (κ3) is 6.25. The van der Waals surface area contributed by atoms with Gasteiger partial charge in [-0.1, -0.05) is 24.3 Å². The molecule has 0 fully saturated rings. The first kappa shape index (κ1) is 19.6. The summed E-state index contributed by atoms with van der Waals surface area (Å²) < 4.78 is 24.4. The molecule has 0 aliphatic heterocycles. The first-order valence-electron chi connectivity index (χ1n) is 9.08.